The van der Waals surface area contributed by atoms with Gasteiger partial charge in [-0.2, -0.15) is 0 Å². The average Bonchev–Trinajstić information content (AvgIpc) is 2.79. The molecule has 0 N–H and O–H groups in total. The zero-order valence-corrected chi connectivity index (χ0v) is 17.4. The van der Waals surface area contributed by atoms with Gasteiger partial charge < -0.3 is 19.4 Å². The van der Waals surface area contributed by atoms with Gasteiger partial charge in [0.25, 0.3) is 0 Å². The molecule has 7 nitrogen and oxygen atoms in total. The van der Waals surface area contributed by atoms with Gasteiger partial charge in [0.1, 0.15) is 5.38 Å². The van der Waals surface area contributed by atoms with Gasteiger partial charge in [-0.1, -0.05) is 12.1 Å². The van der Waals surface area contributed by atoms with Crippen LogP contribution in [-0.4, -0.2) is 78.6 Å². The molecule has 0 aliphatic carbocycles. The van der Waals surface area contributed by atoms with Gasteiger partial charge in [-0.05, 0) is 25.1 Å². The normalized spacial score (nSPS) is 18.6. The molecule has 1 atom stereocenters. The molecule has 1 amide bonds. The van der Waals surface area contributed by atoms with E-state index in [-0.39, 0.29) is 5.91 Å². The van der Waals surface area contributed by atoms with Crippen LogP contribution in [0.2, 0.25) is 0 Å². The van der Waals surface area contributed by atoms with Crippen molar-refractivity contribution in [2.24, 2.45) is 0 Å². The lowest BCUT2D eigenvalue weighted by atomic mass is 10.1. The topological polar surface area (TPSA) is 61.8 Å². The Morgan fingerprint density at radius 3 is 2.34 bits per heavy atom. The fourth-order valence-electron chi connectivity index (χ4n) is 3.70. The molecule has 2 aliphatic heterocycles. The predicted molar refractivity (Wildman–Crippen MR) is 115 cm³/mol. The monoisotopic (exact) mass is 415 g/mol. The Morgan fingerprint density at radius 2 is 1.69 bits per heavy atom. The number of carbonyl (C=O) groups is 1. The molecule has 2 fully saturated rings. The molecule has 1 aromatic heterocycles. The second-order valence-electron chi connectivity index (χ2n) is 7.32. The molecule has 4 rings (SSSR count). The highest BCUT2D eigenvalue weighted by Gasteiger charge is 2.25. The average molecular weight is 416 g/mol. The van der Waals surface area contributed by atoms with Crippen LogP contribution >= 0.6 is 11.6 Å². The minimum Gasteiger partial charge on any atom is -0.378 e. The molecule has 0 saturated carbocycles. The SMILES string of the molecule is C[C@H](Cl)C(=O)N1CCN(c2nccc(-c3ccc(N4CCOCC4)cc3)n2)CC1. The maximum Gasteiger partial charge on any atom is 0.240 e. The summed E-state index contributed by atoms with van der Waals surface area (Å²) in [5.41, 5.74) is 3.17. The van der Waals surface area contributed by atoms with Crippen molar-refractivity contribution >= 4 is 29.1 Å². The summed E-state index contributed by atoms with van der Waals surface area (Å²) in [6.07, 6.45) is 1.80. The van der Waals surface area contributed by atoms with Crippen molar-refractivity contribution in [3.63, 3.8) is 0 Å². The number of alkyl halides is 1. The number of morpholine rings is 1. The number of anilines is 2. The van der Waals surface area contributed by atoms with Gasteiger partial charge in [-0.3, -0.25) is 4.79 Å². The van der Waals surface area contributed by atoms with Crippen LogP contribution in [0, 0.1) is 0 Å². The Morgan fingerprint density at radius 1 is 1.00 bits per heavy atom. The van der Waals surface area contributed by atoms with Gasteiger partial charge in [0.15, 0.2) is 0 Å². The molecular formula is C21H26ClN5O2. The Balaban J connectivity index is 1.43. The number of hydrogen-bond acceptors (Lipinski definition) is 6. The second-order valence-corrected chi connectivity index (χ2v) is 7.97. The quantitative estimate of drug-likeness (QED) is 0.714. The first-order valence-corrected chi connectivity index (χ1v) is 10.5. The molecule has 0 unspecified atom stereocenters. The molecule has 2 aromatic rings. The lowest BCUT2D eigenvalue weighted by Gasteiger charge is -2.35. The van der Waals surface area contributed by atoms with E-state index in [4.69, 9.17) is 21.3 Å². The lowest BCUT2D eigenvalue weighted by molar-refractivity contribution is -0.130. The number of carbonyl (C=O) groups excluding carboxylic acids is 1. The number of rotatable bonds is 4. The van der Waals surface area contributed by atoms with E-state index in [2.05, 4.69) is 39.0 Å². The van der Waals surface area contributed by atoms with Crippen molar-refractivity contribution in [1.82, 2.24) is 14.9 Å². The van der Waals surface area contributed by atoms with Gasteiger partial charge in [0.2, 0.25) is 11.9 Å². The summed E-state index contributed by atoms with van der Waals surface area (Å²) in [5, 5.41) is -0.485. The number of ether oxygens (including phenoxy) is 1. The number of aromatic nitrogens is 2. The van der Waals surface area contributed by atoms with E-state index in [0.29, 0.717) is 32.1 Å². The second kappa shape index (κ2) is 8.97. The van der Waals surface area contributed by atoms with E-state index in [0.717, 1.165) is 37.6 Å². The molecule has 154 valence electrons. The van der Waals surface area contributed by atoms with Gasteiger partial charge in [-0.25, -0.2) is 9.97 Å². The highest BCUT2D eigenvalue weighted by atomic mass is 35.5. The first-order chi connectivity index (χ1) is 14.1. The Bertz CT molecular complexity index is 831. The summed E-state index contributed by atoms with van der Waals surface area (Å²) in [5.74, 6) is 0.687. The third kappa shape index (κ3) is 4.62. The molecule has 0 bridgehead atoms. The van der Waals surface area contributed by atoms with E-state index < -0.39 is 5.38 Å². The van der Waals surface area contributed by atoms with Gasteiger partial charge in [0.05, 0.1) is 18.9 Å². The van der Waals surface area contributed by atoms with Crippen molar-refractivity contribution in [3.8, 4) is 11.3 Å². The number of amides is 1. The third-order valence-electron chi connectivity index (χ3n) is 5.40. The van der Waals surface area contributed by atoms with Crippen molar-refractivity contribution in [1.29, 1.82) is 0 Å². The summed E-state index contributed by atoms with van der Waals surface area (Å²) in [4.78, 5) is 27.5. The van der Waals surface area contributed by atoms with Gasteiger partial charge in [-0.15, -0.1) is 11.6 Å². The van der Waals surface area contributed by atoms with Gasteiger partial charge in [0, 0.05) is 56.7 Å². The van der Waals surface area contributed by atoms with Crippen LogP contribution < -0.4 is 9.80 Å². The van der Waals surface area contributed by atoms with E-state index >= 15 is 0 Å². The van der Waals surface area contributed by atoms with E-state index in [9.17, 15) is 4.79 Å². The van der Waals surface area contributed by atoms with Crippen LogP contribution in [0.15, 0.2) is 36.5 Å². The predicted octanol–water partition coefficient (Wildman–Crippen LogP) is 2.26. The van der Waals surface area contributed by atoms with E-state index in [1.165, 1.54) is 5.69 Å². The van der Waals surface area contributed by atoms with Gasteiger partial charge >= 0.3 is 0 Å². The standard InChI is InChI=1S/C21H26ClN5O2/c1-16(22)20(28)26-8-10-27(11-9-26)21-23-7-6-19(24-21)17-2-4-18(5-3-17)25-12-14-29-15-13-25/h2-7,16H,8-15H2,1H3/t16-/m0/s1. The minimum absolute atomic E-state index is 0.0126. The number of halogens is 1. The molecule has 0 radical (unpaired) electrons. The molecule has 0 spiro atoms. The van der Waals surface area contributed by atoms with Crippen LogP contribution in [0.5, 0.6) is 0 Å². The van der Waals surface area contributed by atoms with Crippen LogP contribution in [0.25, 0.3) is 11.3 Å². The van der Waals surface area contributed by atoms with E-state index in [1.807, 2.05) is 11.0 Å². The summed E-state index contributed by atoms with van der Waals surface area (Å²) < 4.78 is 5.42. The third-order valence-corrected chi connectivity index (χ3v) is 5.58. The molecule has 2 saturated heterocycles. The highest BCUT2D eigenvalue weighted by Crippen LogP contribution is 2.24. The molecular weight excluding hydrogens is 390 g/mol. The summed E-state index contributed by atoms with van der Waals surface area (Å²) in [6.45, 7) is 7.80. The minimum atomic E-state index is -0.485. The Labute approximate surface area is 176 Å². The largest absolute Gasteiger partial charge is 0.378 e. The van der Waals surface area contributed by atoms with Crippen LogP contribution in [0.4, 0.5) is 11.6 Å². The fraction of sp³-hybridized carbons (Fsp3) is 0.476. The Hall–Kier alpha value is -2.38. The fourth-order valence-corrected chi connectivity index (χ4v) is 3.84. The zero-order chi connectivity index (χ0) is 20.2. The molecule has 2 aliphatic rings. The molecule has 1 aromatic carbocycles. The Kier molecular flexibility index (Phi) is 6.16. The summed E-state index contributed by atoms with van der Waals surface area (Å²) >= 11 is 5.93. The number of benzene rings is 1. The van der Waals surface area contributed by atoms with Crippen molar-refractivity contribution in [3.05, 3.63) is 36.5 Å². The lowest BCUT2D eigenvalue weighted by Crippen LogP contribution is -2.50. The molecule has 29 heavy (non-hydrogen) atoms. The molecule has 3 heterocycles. The first kappa shape index (κ1) is 19.9. The number of nitrogens with zero attached hydrogens (tertiary/aromatic N) is 5. The zero-order valence-electron chi connectivity index (χ0n) is 16.6. The van der Waals surface area contributed by atoms with Crippen LogP contribution in [0.3, 0.4) is 0 Å². The maximum absolute atomic E-state index is 12.1. The molecule has 8 heteroatoms. The summed E-state index contributed by atoms with van der Waals surface area (Å²) in [6, 6.07) is 10.4. The maximum atomic E-state index is 12.1. The highest BCUT2D eigenvalue weighted by molar-refractivity contribution is 6.30. The number of hydrogen-bond donors (Lipinski definition) is 0. The summed E-state index contributed by atoms with van der Waals surface area (Å²) in [7, 11) is 0. The smallest absolute Gasteiger partial charge is 0.240 e. The van der Waals surface area contributed by atoms with Crippen molar-refractivity contribution in [2.75, 3.05) is 62.3 Å². The van der Waals surface area contributed by atoms with Crippen LogP contribution in [-0.2, 0) is 9.53 Å². The number of piperazine rings is 1. The van der Waals surface area contributed by atoms with Crippen molar-refractivity contribution in [2.45, 2.75) is 12.3 Å². The van der Waals surface area contributed by atoms with E-state index in [1.54, 1.807) is 13.1 Å². The van der Waals surface area contributed by atoms with Crippen LogP contribution in [0.1, 0.15) is 6.92 Å². The van der Waals surface area contributed by atoms with Crippen molar-refractivity contribution < 1.29 is 9.53 Å². The first-order valence-electron chi connectivity index (χ1n) is 10.1.